The maximum Gasteiger partial charge on any atom is 0.269 e. The van der Waals surface area contributed by atoms with Gasteiger partial charge in [0.05, 0.1) is 0 Å². The average Bonchev–Trinajstić information content (AvgIpc) is 2.50. The van der Waals surface area contributed by atoms with Crippen molar-refractivity contribution in [3.63, 3.8) is 0 Å². The van der Waals surface area contributed by atoms with Gasteiger partial charge in [0.15, 0.2) is 11.5 Å². The lowest BCUT2D eigenvalue weighted by Crippen LogP contribution is -2.46. The first-order valence-electron chi connectivity index (χ1n) is 7.04. The third kappa shape index (κ3) is 2.74. The van der Waals surface area contributed by atoms with Crippen molar-refractivity contribution < 1.29 is 18.7 Å². The summed E-state index contributed by atoms with van der Waals surface area (Å²) in [6.07, 6.45) is -1.23. The molecule has 114 valence electrons. The number of hydrogen-bond acceptors (Lipinski definition) is 3. The molecular weight excluding hydrogens is 285 g/mol. The summed E-state index contributed by atoms with van der Waals surface area (Å²) in [5.41, 5.74) is 1.21. The van der Waals surface area contributed by atoms with E-state index in [4.69, 9.17) is 9.47 Å². The normalized spacial score (nSPS) is 19.6. The highest BCUT2D eigenvalue weighted by atomic mass is 19.1. The maximum atomic E-state index is 13.3. The Morgan fingerprint density at radius 3 is 2.55 bits per heavy atom. The second-order valence-corrected chi connectivity index (χ2v) is 5.26. The van der Waals surface area contributed by atoms with E-state index in [0.717, 1.165) is 5.56 Å². The van der Waals surface area contributed by atoms with E-state index in [1.807, 2.05) is 12.1 Å². The lowest BCUT2D eigenvalue weighted by Gasteiger charge is -2.31. The van der Waals surface area contributed by atoms with Gasteiger partial charge in [-0.25, -0.2) is 4.39 Å². The van der Waals surface area contributed by atoms with Crippen LogP contribution in [0.5, 0.6) is 11.5 Å². The van der Waals surface area contributed by atoms with Crippen molar-refractivity contribution in [1.29, 1.82) is 0 Å². The smallest absolute Gasteiger partial charge is 0.269 e. The fraction of sp³-hybridized carbons (Fsp3) is 0.235. The summed E-state index contributed by atoms with van der Waals surface area (Å²) in [7, 11) is 0. The summed E-state index contributed by atoms with van der Waals surface area (Å²) in [5.74, 6) is 0.369. The molecule has 0 aliphatic carbocycles. The minimum Gasteiger partial charge on any atom is -0.482 e. The van der Waals surface area contributed by atoms with Gasteiger partial charge in [-0.05, 0) is 43.7 Å². The van der Waals surface area contributed by atoms with Crippen LogP contribution in [0, 0.1) is 12.7 Å². The summed E-state index contributed by atoms with van der Waals surface area (Å²) in [5, 5.41) is 2.70. The number of aryl methyl sites for hydroxylation is 1. The van der Waals surface area contributed by atoms with Crippen LogP contribution in [0.1, 0.15) is 12.5 Å². The second-order valence-electron chi connectivity index (χ2n) is 5.26. The zero-order chi connectivity index (χ0) is 15.7. The standard InChI is InChI=1S/C17H16FNO3/c1-10-7-8-12(18)9-13(10)19-17(20)16-11(2)21-14-5-3-4-6-15(14)22-16/h3-9,11,16H,1-2H3,(H,19,20)/t11-,16+/m1/s1. The Morgan fingerprint density at radius 1 is 1.14 bits per heavy atom. The number of para-hydroxylation sites is 2. The number of halogens is 1. The van der Waals surface area contributed by atoms with Crippen LogP contribution in [0.3, 0.4) is 0 Å². The first-order valence-corrected chi connectivity index (χ1v) is 7.04. The summed E-state index contributed by atoms with van der Waals surface area (Å²) in [4.78, 5) is 12.4. The molecule has 4 nitrogen and oxygen atoms in total. The van der Waals surface area contributed by atoms with Crippen molar-refractivity contribution in [2.75, 3.05) is 5.32 Å². The zero-order valence-electron chi connectivity index (χ0n) is 12.3. The SMILES string of the molecule is Cc1ccc(F)cc1NC(=O)[C@H]1Oc2ccccc2O[C@@H]1C. The van der Waals surface area contributed by atoms with Crippen molar-refractivity contribution in [2.45, 2.75) is 26.1 Å². The molecule has 0 saturated carbocycles. The van der Waals surface area contributed by atoms with Crippen molar-refractivity contribution in [3.05, 3.63) is 53.8 Å². The third-order valence-corrected chi connectivity index (χ3v) is 3.56. The molecule has 1 aliphatic rings. The summed E-state index contributed by atoms with van der Waals surface area (Å²) in [6.45, 7) is 3.56. The topological polar surface area (TPSA) is 47.6 Å². The number of fused-ring (bicyclic) bond motifs is 1. The number of rotatable bonds is 2. The molecule has 0 bridgehead atoms. The number of anilines is 1. The zero-order valence-corrected chi connectivity index (χ0v) is 12.3. The molecule has 1 heterocycles. The van der Waals surface area contributed by atoms with Crippen LogP contribution in [0.4, 0.5) is 10.1 Å². The van der Waals surface area contributed by atoms with Gasteiger partial charge in [0, 0.05) is 5.69 Å². The number of amides is 1. The number of carbonyl (C=O) groups excluding carboxylic acids is 1. The van der Waals surface area contributed by atoms with E-state index in [2.05, 4.69) is 5.32 Å². The van der Waals surface area contributed by atoms with Gasteiger partial charge in [0.1, 0.15) is 11.9 Å². The highest BCUT2D eigenvalue weighted by Gasteiger charge is 2.34. The Kier molecular flexibility index (Phi) is 3.71. The van der Waals surface area contributed by atoms with Crippen LogP contribution >= 0.6 is 0 Å². The van der Waals surface area contributed by atoms with E-state index in [9.17, 15) is 9.18 Å². The summed E-state index contributed by atoms with van der Waals surface area (Å²) >= 11 is 0. The Morgan fingerprint density at radius 2 is 1.82 bits per heavy atom. The average molecular weight is 301 g/mol. The molecule has 1 N–H and O–H groups in total. The van der Waals surface area contributed by atoms with E-state index in [-0.39, 0.29) is 5.91 Å². The minimum atomic E-state index is -0.794. The predicted octanol–water partition coefficient (Wildman–Crippen LogP) is 3.30. The molecule has 0 saturated heterocycles. The van der Waals surface area contributed by atoms with Gasteiger partial charge >= 0.3 is 0 Å². The highest BCUT2D eigenvalue weighted by Crippen LogP contribution is 2.33. The Hall–Kier alpha value is -2.56. The fourth-order valence-corrected chi connectivity index (χ4v) is 2.34. The molecule has 0 spiro atoms. The molecule has 2 atom stereocenters. The molecule has 2 aromatic rings. The van der Waals surface area contributed by atoms with E-state index in [0.29, 0.717) is 17.2 Å². The molecule has 1 aliphatic heterocycles. The Labute approximate surface area is 127 Å². The molecule has 0 fully saturated rings. The van der Waals surface area contributed by atoms with Crippen molar-refractivity contribution in [1.82, 2.24) is 0 Å². The van der Waals surface area contributed by atoms with Crippen molar-refractivity contribution in [2.24, 2.45) is 0 Å². The number of benzene rings is 2. The largest absolute Gasteiger partial charge is 0.482 e. The second kappa shape index (κ2) is 5.67. The quantitative estimate of drug-likeness (QED) is 0.926. The van der Waals surface area contributed by atoms with Gasteiger partial charge in [-0.2, -0.15) is 0 Å². The lowest BCUT2D eigenvalue weighted by atomic mass is 10.1. The summed E-state index contributed by atoms with van der Waals surface area (Å²) in [6, 6.07) is 11.4. The van der Waals surface area contributed by atoms with Crippen LogP contribution in [0.2, 0.25) is 0 Å². The molecule has 3 rings (SSSR count). The Balaban J connectivity index is 1.79. The monoisotopic (exact) mass is 301 g/mol. The van der Waals surface area contributed by atoms with Gasteiger partial charge < -0.3 is 14.8 Å². The van der Waals surface area contributed by atoms with Crippen molar-refractivity contribution >= 4 is 11.6 Å². The van der Waals surface area contributed by atoms with Crippen LogP contribution in [0.25, 0.3) is 0 Å². The van der Waals surface area contributed by atoms with Crippen molar-refractivity contribution in [3.8, 4) is 11.5 Å². The van der Waals surface area contributed by atoms with Gasteiger partial charge in [-0.3, -0.25) is 4.79 Å². The molecule has 1 amide bonds. The first kappa shape index (κ1) is 14.4. The highest BCUT2D eigenvalue weighted by molar-refractivity contribution is 5.95. The van der Waals surface area contributed by atoms with Crippen LogP contribution in [-0.2, 0) is 4.79 Å². The summed E-state index contributed by atoms with van der Waals surface area (Å²) < 4.78 is 24.7. The third-order valence-electron chi connectivity index (χ3n) is 3.56. The first-order chi connectivity index (χ1) is 10.5. The number of hydrogen-bond donors (Lipinski definition) is 1. The molecule has 0 unspecified atom stereocenters. The predicted molar refractivity (Wildman–Crippen MR) is 80.7 cm³/mol. The maximum absolute atomic E-state index is 13.3. The van der Waals surface area contributed by atoms with E-state index >= 15 is 0 Å². The fourth-order valence-electron chi connectivity index (χ4n) is 2.34. The molecule has 0 radical (unpaired) electrons. The number of ether oxygens (including phenoxy) is 2. The van der Waals surface area contributed by atoms with Gasteiger partial charge in [0.25, 0.3) is 5.91 Å². The molecule has 5 heteroatoms. The Bertz CT molecular complexity index is 717. The molecule has 22 heavy (non-hydrogen) atoms. The number of nitrogens with one attached hydrogen (secondary N) is 1. The molecule has 2 aromatic carbocycles. The molecule has 0 aromatic heterocycles. The van der Waals surface area contributed by atoms with Crippen LogP contribution in [0.15, 0.2) is 42.5 Å². The van der Waals surface area contributed by atoms with Gasteiger partial charge in [0.2, 0.25) is 6.10 Å². The van der Waals surface area contributed by atoms with E-state index in [1.54, 1.807) is 32.0 Å². The molecular formula is C17H16FNO3. The van der Waals surface area contributed by atoms with Gasteiger partial charge in [-0.1, -0.05) is 18.2 Å². The lowest BCUT2D eigenvalue weighted by molar-refractivity contribution is -0.128. The van der Waals surface area contributed by atoms with Crippen LogP contribution in [-0.4, -0.2) is 18.1 Å². The van der Waals surface area contributed by atoms with E-state index in [1.165, 1.54) is 12.1 Å². The minimum absolute atomic E-state index is 0.365. The van der Waals surface area contributed by atoms with Gasteiger partial charge in [-0.15, -0.1) is 0 Å². The number of carbonyl (C=O) groups is 1. The van der Waals surface area contributed by atoms with Crippen LogP contribution < -0.4 is 14.8 Å². The van der Waals surface area contributed by atoms with E-state index < -0.39 is 18.0 Å².